The first kappa shape index (κ1) is 9.47. The van der Waals surface area contributed by atoms with Crippen molar-refractivity contribution < 1.29 is 4.74 Å². The molecule has 0 aromatic heterocycles. The molecule has 2 fully saturated rings. The summed E-state index contributed by atoms with van der Waals surface area (Å²) >= 11 is 0. The first-order valence-corrected chi connectivity index (χ1v) is 5.49. The minimum atomic E-state index is 0.252. The molecule has 2 heteroatoms. The van der Waals surface area contributed by atoms with Gasteiger partial charge in [-0.3, -0.25) is 4.90 Å². The minimum Gasteiger partial charge on any atom is -0.379 e. The second-order valence-corrected chi connectivity index (χ2v) is 4.38. The molecule has 0 aromatic carbocycles. The fourth-order valence-electron chi connectivity index (χ4n) is 2.56. The van der Waals surface area contributed by atoms with Crippen LogP contribution >= 0.6 is 0 Å². The van der Waals surface area contributed by atoms with Gasteiger partial charge in [-0.1, -0.05) is 19.3 Å². The molecule has 1 aliphatic heterocycles. The number of rotatable bonds is 1. The third kappa shape index (κ3) is 2.05. The molecule has 2 rings (SSSR count). The second kappa shape index (κ2) is 3.97. The van der Waals surface area contributed by atoms with Crippen LogP contribution in [-0.4, -0.2) is 36.7 Å². The highest BCUT2D eigenvalue weighted by molar-refractivity contribution is 4.95. The molecule has 0 bridgehead atoms. The molecule has 0 amide bonds. The maximum absolute atomic E-state index is 5.37. The molecule has 13 heavy (non-hydrogen) atoms. The lowest BCUT2D eigenvalue weighted by atomic mass is 9.81. The molecule has 0 aromatic rings. The van der Waals surface area contributed by atoms with E-state index in [0.29, 0.717) is 0 Å². The molecule has 1 saturated carbocycles. The first-order chi connectivity index (χ1) is 6.31. The van der Waals surface area contributed by atoms with Gasteiger partial charge in [-0.2, -0.15) is 0 Å². The van der Waals surface area contributed by atoms with E-state index in [1.807, 2.05) is 0 Å². The van der Waals surface area contributed by atoms with E-state index in [9.17, 15) is 0 Å². The number of hydrogen-bond acceptors (Lipinski definition) is 2. The van der Waals surface area contributed by atoms with Gasteiger partial charge < -0.3 is 4.74 Å². The lowest BCUT2D eigenvalue weighted by Gasteiger charge is -2.45. The SMILES string of the molecule is [CH2]C1(N2CCOCC2)CCCCC1. The summed E-state index contributed by atoms with van der Waals surface area (Å²) in [6.07, 6.45) is 6.70. The molecule has 1 aliphatic carbocycles. The Bertz CT molecular complexity index is 157. The van der Waals surface area contributed by atoms with E-state index in [1.54, 1.807) is 0 Å². The Labute approximate surface area is 81.3 Å². The molecule has 1 heterocycles. The Balaban J connectivity index is 1.94. The average molecular weight is 182 g/mol. The first-order valence-electron chi connectivity index (χ1n) is 5.49. The maximum atomic E-state index is 5.37. The van der Waals surface area contributed by atoms with Crippen LogP contribution in [0.5, 0.6) is 0 Å². The standard InChI is InChI=1S/C11H20NO/c1-11(5-3-2-4-6-11)12-7-9-13-10-8-12/h1-10H2. The van der Waals surface area contributed by atoms with E-state index in [4.69, 9.17) is 4.74 Å². The van der Waals surface area contributed by atoms with Gasteiger partial charge in [-0.25, -0.2) is 0 Å². The normalized spacial score (nSPS) is 30.2. The highest BCUT2D eigenvalue weighted by Crippen LogP contribution is 2.33. The Hall–Kier alpha value is -0.0800. The van der Waals surface area contributed by atoms with E-state index < -0.39 is 0 Å². The quantitative estimate of drug-likeness (QED) is 0.613. The molecular weight excluding hydrogens is 162 g/mol. The fraction of sp³-hybridized carbons (Fsp3) is 0.909. The van der Waals surface area contributed by atoms with Gasteiger partial charge in [-0.05, 0) is 19.8 Å². The Morgan fingerprint density at radius 3 is 2.23 bits per heavy atom. The Morgan fingerprint density at radius 2 is 1.62 bits per heavy atom. The van der Waals surface area contributed by atoms with Crippen LogP contribution in [0.4, 0.5) is 0 Å². The number of nitrogens with zero attached hydrogens (tertiary/aromatic N) is 1. The number of ether oxygens (including phenoxy) is 1. The van der Waals surface area contributed by atoms with Crippen LogP contribution in [0.1, 0.15) is 32.1 Å². The zero-order valence-electron chi connectivity index (χ0n) is 8.43. The topological polar surface area (TPSA) is 12.5 Å². The predicted octanol–water partition coefficient (Wildman–Crippen LogP) is 1.86. The van der Waals surface area contributed by atoms with E-state index in [-0.39, 0.29) is 5.54 Å². The molecule has 0 spiro atoms. The van der Waals surface area contributed by atoms with Gasteiger partial charge in [0, 0.05) is 18.6 Å². The van der Waals surface area contributed by atoms with Gasteiger partial charge in [-0.15, -0.1) is 0 Å². The summed E-state index contributed by atoms with van der Waals surface area (Å²) in [6, 6.07) is 0. The van der Waals surface area contributed by atoms with Gasteiger partial charge in [0.1, 0.15) is 0 Å². The van der Waals surface area contributed by atoms with Gasteiger partial charge in [0.05, 0.1) is 13.2 Å². The number of hydrogen-bond donors (Lipinski definition) is 0. The Morgan fingerprint density at radius 1 is 1.00 bits per heavy atom. The summed E-state index contributed by atoms with van der Waals surface area (Å²) in [5, 5.41) is 0. The summed E-state index contributed by atoms with van der Waals surface area (Å²) in [4.78, 5) is 2.54. The summed E-state index contributed by atoms with van der Waals surface area (Å²) in [6.45, 7) is 8.40. The monoisotopic (exact) mass is 182 g/mol. The van der Waals surface area contributed by atoms with Crippen molar-refractivity contribution in [3.63, 3.8) is 0 Å². The van der Waals surface area contributed by atoms with Crippen LogP contribution in [0.25, 0.3) is 0 Å². The van der Waals surface area contributed by atoms with E-state index in [1.165, 1.54) is 32.1 Å². The summed E-state index contributed by atoms with van der Waals surface area (Å²) in [5.74, 6) is 0. The third-order valence-corrected chi connectivity index (χ3v) is 3.47. The molecule has 0 atom stereocenters. The molecule has 1 radical (unpaired) electrons. The van der Waals surface area contributed by atoms with Crippen LogP contribution in [0.15, 0.2) is 0 Å². The fourth-order valence-corrected chi connectivity index (χ4v) is 2.56. The van der Waals surface area contributed by atoms with Gasteiger partial charge >= 0.3 is 0 Å². The van der Waals surface area contributed by atoms with Crippen molar-refractivity contribution in [1.82, 2.24) is 4.90 Å². The van der Waals surface area contributed by atoms with Crippen LogP contribution < -0.4 is 0 Å². The van der Waals surface area contributed by atoms with Crippen LogP contribution in [0.2, 0.25) is 0 Å². The van der Waals surface area contributed by atoms with Crippen molar-refractivity contribution in [1.29, 1.82) is 0 Å². The van der Waals surface area contributed by atoms with Gasteiger partial charge in [0.25, 0.3) is 0 Å². The second-order valence-electron chi connectivity index (χ2n) is 4.38. The lowest BCUT2D eigenvalue weighted by molar-refractivity contribution is -0.0189. The molecule has 2 nitrogen and oxygen atoms in total. The van der Waals surface area contributed by atoms with Crippen LogP contribution in [0.3, 0.4) is 0 Å². The third-order valence-electron chi connectivity index (χ3n) is 3.47. The summed E-state index contributed by atoms with van der Waals surface area (Å²) in [5.41, 5.74) is 0.252. The van der Waals surface area contributed by atoms with Crippen LogP contribution in [0, 0.1) is 6.92 Å². The zero-order valence-corrected chi connectivity index (χ0v) is 8.43. The van der Waals surface area contributed by atoms with Crippen molar-refractivity contribution >= 4 is 0 Å². The summed E-state index contributed by atoms with van der Waals surface area (Å²) in [7, 11) is 0. The molecule has 2 aliphatic rings. The Kier molecular flexibility index (Phi) is 2.89. The van der Waals surface area contributed by atoms with E-state index in [0.717, 1.165) is 26.3 Å². The molecule has 75 valence electrons. The van der Waals surface area contributed by atoms with Crippen molar-refractivity contribution in [2.75, 3.05) is 26.3 Å². The van der Waals surface area contributed by atoms with Crippen molar-refractivity contribution in [3.8, 4) is 0 Å². The molecular formula is C11H20NO. The smallest absolute Gasteiger partial charge is 0.0594 e. The van der Waals surface area contributed by atoms with Crippen molar-refractivity contribution in [2.24, 2.45) is 0 Å². The maximum Gasteiger partial charge on any atom is 0.0594 e. The van der Waals surface area contributed by atoms with E-state index >= 15 is 0 Å². The van der Waals surface area contributed by atoms with Gasteiger partial charge in [0.2, 0.25) is 0 Å². The highest BCUT2D eigenvalue weighted by Gasteiger charge is 2.33. The van der Waals surface area contributed by atoms with Gasteiger partial charge in [0.15, 0.2) is 0 Å². The summed E-state index contributed by atoms with van der Waals surface area (Å²) < 4.78 is 5.37. The van der Waals surface area contributed by atoms with E-state index in [2.05, 4.69) is 11.8 Å². The largest absolute Gasteiger partial charge is 0.379 e. The lowest BCUT2D eigenvalue weighted by Crippen LogP contribution is -2.52. The molecule has 0 unspecified atom stereocenters. The molecule has 0 N–H and O–H groups in total. The zero-order chi connectivity index (χ0) is 9.15. The highest BCUT2D eigenvalue weighted by atomic mass is 16.5. The predicted molar refractivity (Wildman–Crippen MR) is 53.6 cm³/mol. The van der Waals surface area contributed by atoms with Crippen molar-refractivity contribution in [2.45, 2.75) is 37.6 Å². The minimum absolute atomic E-state index is 0.252. The van der Waals surface area contributed by atoms with Crippen LogP contribution in [-0.2, 0) is 4.74 Å². The molecule has 1 saturated heterocycles. The number of morpholine rings is 1. The average Bonchev–Trinajstić information content (AvgIpc) is 2.20. The van der Waals surface area contributed by atoms with Crippen molar-refractivity contribution in [3.05, 3.63) is 6.92 Å².